The summed E-state index contributed by atoms with van der Waals surface area (Å²) < 4.78 is 5.17. The molecule has 0 aromatic heterocycles. The molecule has 1 aromatic rings. The molecule has 0 saturated carbocycles. The number of ether oxygens (including phenoxy) is 1. The highest BCUT2D eigenvalue weighted by Crippen LogP contribution is 2.08. The van der Waals surface area contributed by atoms with Gasteiger partial charge < -0.3 is 21.1 Å². The van der Waals surface area contributed by atoms with E-state index in [0.717, 1.165) is 5.56 Å². The summed E-state index contributed by atoms with van der Waals surface area (Å²) in [6, 6.07) is 7.65. The van der Waals surface area contributed by atoms with Crippen LogP contribution in [0.2, 0.25) is 0 Å². The van der Waals surface area contributed by atoms with Crippen molar-refractivity contribution in [2.24, 2.45) is 17.6 Å². The normalized spacial score (nSPS) is 13.2. The fourth-order valence-corrected chi connectivity index (χ4v) is 2.43. The SMILES string of the molecule is CC(C)C[C@H](NC(=O)OCc1ccccc1)C(=O)N[C@H](C(N)=O)C(C)C. The number of carbonyl (C=O) groups excluding carboxylic acids is 3. The molecule has 0 fully saturated rings. The molecule has 2 atom stereocenters. The van der Waals surface area contributed by atoms with Crippen LogP contribution < -0.4 is 16.4 Å². The molecule has 0 heterocycles. The average molecular weight is 363 g/mol. The van der Waals surface area contributed by atoms with Gasteiger partial charge in [0.2, 0.25) is 11.8 Å². The highest BCUT2D eigenvalue weighted by molar-refractivity contribution is 5.90. The van der Waals surface area contributed by atoms with Crippen LogP contribution in [0.3, 0.4) is 0 Å². The van der Waals surface area contributed by atoms with Crippen molar-refractivity contribution < 1.29 is 19.1 Å². The second-order valence-electron chi connectivity index (χ2n) is 7.02. The van der Waals surface area contributed by atoms with Gasteiger partial charge in [0.05, 0.1) is 0 Å². The van der Waals surface area contributed by atoms with E-state index in [1.54, 1.807) is 13.8 Å². The van der Waals surface area contributed by atoms with Crippen molar-refractivity contribution in [3.8, 4) is 0 Å². The Hall–Kier alpha value is -2.57. The zero-order chi connectivity index (χ0) is 19.7. The Bertz CT molecular complexity index is 602. The van der Waals surface area contributed by atoms with Crippen LogP contribution in [-0.2, 0) is 20.9 Å². The van der Waals surface area contributed by atoms with E-state index in [0.29, 0.717) is 6.42 Å². The molecule has 0 aliphatic rings. The number of hydrogen-bond donors (Lipinski definition) is 3. The van der Waals surface area contributed by atoms with Gasteiger partial charge in [-0.05, 0) is 23.8 Å². The van der Waals surface area contributed by atoms with Crippen LogP contribution in [0.25, 0.3) is 0 Å². The van der Waals surface area contributed by atoms with E-state index in [1.165, 1.54) is 0 Å². The van der Waals surface area contributed by atoms with Crippen molar-refractivity contribution in [1.29, 1.82) is 0 Å². The lowest BCUT2D eigenvalue weighted by molar-refractivity contribution is -0.129. The van der Waals surface area contributed by atoms with Crippen molar-refractivity contribution in [1.82, 2.24) is 10.6 Å². The summed E-state index contributed by atoms with van der Waals surface area (Å²) in [5.41, 5.74) is 6.18. The summed E-state index contributed by atoms with van der Waals surface area (Å²) in [5, 5.41) is 5.19. The number of rotatable bonds is 9. The molecule has 0 aliphatic carbocycles. The van der Waals surface area contributed by atoms with Gasteiger partial charge in [0.25, 0.3) is 0 Å². The molecule has 1 rings (SSSR count). The molecule has 7 nitrogen and oxygen atoms in total. The van der Waals surface area contributed by atoms with Gasteiger partial charge in [-0.3, -0.25) is 9.59 Å². The standard InChI is InChI=1S/C19H29N3O4/c1-12(2)10-15(18(24)22-16(13(3)4)17(20)23)21-19(25)26-11-14-8-6-5-7-9-14/h5-9,12-13,15-16H,10-11H2,1-4H3,(H2,20,23)(H,21,25)(H,22,24)/t15-,16-/m0/s1. The number of benzene rings is 1. The quantitative estimate of drug-likeness (QED) is 0.623. The van der Waals surface area contributed by atoms with E-state index in [2.05, 4.69) is 10.6 Å². The number of primary amides is 1. The first-order valence-corrected chi connectivity index (χ1v) is 8.77. The molecule has 0 radical (unpaired) electrons. The second kappa shape index (κ2) is 10.4. The third kappa shape index (κ3) is 7.55. The average Bonchev–Trinajstić information content (AvgIpc) is 2.57. The Kier molecular flexibility index (Phi) is 8.61. The molecule has 144 valence electrons. The number of amides is 3. The zero-order valence-corrected chi connectivity index (χ0v) is 15.8. The fourth-order valence-electron chi connectivity index (χ4n) is 2.43. The summed E-state index contributed by atoms with van der Waals surface area (Å²) in [6.45, 7) is 7.55. The second-order valence-corrected chi connectivity index (χ2v) is 7.02. The number of nitrogens with one attached hydrogen (secondary N) is 2. The Morgan fingerprint density at radius 3 is 2.15 bits per heavy atom. The summed E-state index contributed by atoms with van der Waals surface area (Å²) in [5.74, 6) is -1.05. The number of hydrogen-bond acceptors (Lipinski definition) is 4. The fraction of sp³-hybridized carbons (Fsp3) is 0.526. The third-order valence-electron chi connectivity index (χ3n) is 3.80. The van der Waals surface area contributed by atoms with E-state index in [9.17, 15) is 14.4 Å². The van der Waals surface area contributed by atoms with Gasteiger partial charge in [-0.15, -0.1) is 0 Å². The summed E-state index contributed by atoms with van der Waals surface area (Å²) in [6.07, 6.45) is -0.273. The smallest absolute Gasteiger partial charge is 0.408 e. The van der Waals surface area contributed by atoms with Crippen LogP contribution in [0, 0.1) is 11.8 Å². The van der Waals surface area contributed by atoms with Gasteiger partial charge in [-0.2, -0.15) is 0 Å². The van der Waals surface area contributed by atoms with Crippen LogP contribution >= 0.6 is 0 Å². The predicted octanol–water partition coefficient (Wildman–Crippen LogP) is 1.95. The summed E-state index contributed by atoms with van der Waals surface area (Å²) >= 11 is 0. The molecule has 3 amide bonds. The van der Waals surface area contributed by atoms with Crippen molar-refractivity contribution in [3.63, 3.8) is 0 Å². The molecule has 26 heavy (non-hydrogen) atoms. The molecular formula is C19H29N3O4. The van der Waals surface area contributed by atoms with Crippen LogP contribution in [0.15, 0.2) is 30.3 Å². The first-order valence-electron chi connectivity index (χ1n) is 8.77. The minimum absolute atomic E-state index is 0.110. The van der Waals surface area contributed by atoms with Crippen LogP contribution in [-0.4, -0.2) is 30.0 Å². The maximum Gasteiger partial charge on any atom is 0.408 e. The van der Waals surface area contributed by atoms with Crippen LogP contribution in [0.4, 0.5) is 4.79 Å². The topological polar surface area (TPSA) is 111 Å². The van der Waals surface area contributed by atoms with Gasteiger partial charge in [0.15, 0.2) is 0 Å². The number of carbonyl (C=O) groups is 3. The molecule has 7 heteroatoms. The maximum absolute atomic E-state index is 12.5. The molecule has 0 unspecified atom stereocenters. The lowest BCUT2D eigenvalue weighted by Gasteiger charge is -2.24. The van der Waals surface area contributed by atoms with E-state index in [1.807, 2.05) is 44.2 Å². The first-order chi connectivity index (χ1) is 12.2. The lowest BCUT2D eigenvalue weighted by atomic mass is 10.0. The Labute approximate surface area is 154 Å². The highest BCUT2D eigenvalue weighted by atomic mass is 16.5. The van der Waals surface area contributed by atoms with E-state index in [4.69, 9.17) is 10.5 Å². The van der Waals surface area contributed by atoms with Crippen LogP contribution in [0.5, 0.6) is 0 Å². The van der Waals surface area contributed by atoms with Crippen LogP contribution in [0.1, 0.15) is 39.7 Å². The molecule has 1 aromatic carbocycles. The third-order valence-corrected chi connectivity index (χ3v) is 3.80. The molecule has 0 bridgehead atoms. The van der Waals surface area contributed by atoms with Gasteiger partial charge >= 0.3 is 6.09 Å². The number of nitrogens with two attached hydrogens (primary N) is 1. The van der Waals surface area contributed by atoms with Crippen molar-refractivity contribution in [3.05, 3.63) is 35.9 Å². The van der Waals surface area contributed by atoms with Gasteiger partial charge in [0, 0.05) is 0 Å². The Morgan fingerprint density at radius 2 is 1.65 bits per heavy atom. The van der Waals surface area contributed by atoms with Crippen molar-refractivity contribution in [2.45, 2.75) is 52.8 Å². The highest BCUT2D eigenvalue weighted by Gasteiger charge is 2.28. The van der Waals surface area contributed by atoms with Gasteiger partial charge in [-0.1, -0.05) is 58.0 Å². The van der Waals surface area contributed by atoms with E-state index in [-0.39, 0.29) is 18.4 Å². The summed E-state index contributed by atoms with van der Waals surface area (Å²) in [4.78, 5) is 36.1. The Morgan fingerprint density at radius 1 is 1.04 bits per heavy atom. The Balaban J connectivity index is 2.68. The van der Waals surface area contributed by atoms with Crippen molar-refractivity contribution >= 4 is 17.9 Å². The zero-order valence-electron chi connectivity index (χ0n) is 15.8. The first kappa shape index (κ1) is 21.5. The van der Waals surface area contributed by atoms with Gasteiger partial charge in [-0.25, -0.2) is 4.79 Å². The molecule has 0 aliphatic heterocycles. The lowest BCUT2D eigenvalue weighted by Crippen LogP contribution is -2.54. The molecule has 0 saturated heterocycles. The maximum atomic E-state index is 12.5. The van der Waals surface area contributed by atoms with E-state index < -0.39 is 30.0 Å². The molecule has 4 N–H and O–H groups in total. The molecule has 0 spiro atoms. The number of alkyl carbamates (subject to hydrolysis) is 1. The minimum atomic E-state index is -0.807. The van der Waals surface area contributed by atoms with Crippen molar-refractivity contribution in [2.75, 3.05) is 0 Å². The monoisotopic (exact) mass is 363 g/mol. The minimum Gasteiger partial charge on any atom is -0.445 e. The summed E-state index contributed by atoms with van der Waals surface area (Å²) in [7, 11) is 0. The molecular weight excluding hydrogens is 334 g/mol. The predicted molar refractivity (Wildman–Crippen MR) is 99.0 cm³/mol. The van der Waals surface area contributed by atoms with E-state index >= 15 is 0 Å². The largest absolute Gasteiger partial charge is 0.445 e. The van der Waals surface area contributed by atoms with Gasteiger partial charge in [0.1, 0.15) is 18.7 Å².